The van der Waals surface area contributed by atoms with Crippen molar-refractivity contribution in [2.45, 2.75) is 20.0 Å². The molecule has 1 N–H and O–H groups in total. The molecule has 7 nitrogen and oxygen atoms in total. The Balaban J connectivity index is 1.73. The molecular weight excluding hydrogens is 511 g/mol. The van der Waals surface area contributed by atoms with E-state index in [0.29, 0.717) is 45.6 Å². The van der Waals surface area contributed by atoms with E-state index in [1.165, 1.54) is 24.3 Å². The van der Waals surface area contributed by atoms with Gasteiger partial charge in [0, 0.05) is 16.1 Å². The molecule has 1 saturated heterocycles. The molecule has 0 atom stereocenters. The number of halogens is 2. The fraction of sp³-hybridized carbons (Fsp3) is 0.138. The number of barbiturate groups is 1. The Kier molecular flexibility index (Phi) is 8.23. The van der Waals surface area contributed by atoms with E-state index in [-0.39, 0.29) is 17.9 Å². The smallest absolute Gasteiger partial charge is 0.335 e. The van der Waals surface area contributed by atoms with E-state index in [9.17, 15) is 18.8 Å². The van der Waals surface area contributed by atoms with Gasteiger partial charge in [0.2, 0.25) is 0 Å². The maximum atomic E-state index is 13.8. The number of nitrogens with one attached hydrogen (secondary N) is 1. The minimum Gasteiger partial charge on any atom is -0.490 e. The van der Waals surface area contributed by atoms with Crippen LogP contribution in [0.15, 0.2) is 78.9 Å². The number of carbonyl (C=O) groups is 3. The summed E-state index contributed by atoms with van der Waals surface area (Å²) in [6.45, 7) is 6.14. The highest BCUT2D eigenvalue weighted by Gasteiger charge is 2.37. The zero-order valence-electron chi connectivity index (χ0n) is 20.5. The lowest BCUT2D eigenvalue weighted by atomic mass is 10.0. The Morgan fingerprint density at radius 1 is 1.03 bits per heavy atom. The predicted molar refractivity (Wildman–Crippen MR) is 143 cm³/mol. The maximum absolute atomic E-state index is 13.8. The van der Waals surface area contributed by atoms with E-state index in [4.69, 9.17) is 21.1 Å². The first kappa shape index (κ1) is 26.6. The third-order valence-electron chi connectivity index (χ3n) is 5.63. The number of allylic oxidation sites excluding steroid dienone is 1. The van der Waals surface area contributed by atoms with Gasteiger partial charge in [-0.05, 0) is 61.4 Å². The third kappa shape index (κ3) is 5.76. The predicted octanol–water partition coefficient (Wildman–Crippen LogP) is 5.85. The van der Waals surface area contributed by atoms with Crippen LogP contribution < -0.4 is 19.7 Å². The van der Waals surface area contributed by atoms with Crippen molar-refractivity contribution in [3.05, 3.63) is 106 Å². The van der Waals surface area contributed by atoms with Gasteiger partial charge >= 0.3 is 6.03 Å². The molecule has 1 aliphatic rings. The molecule has 4 rings (SSSR count). The Hall–Kier alpha value is -4.43. The second-order valence-electron chi connectivity index (χ2n) is 8.25. The fourth-order valence-corrected chi connectivity index (χ4v) is 4.13. The van der Waals surface area contributed by atoms with Gasteiger partial charge in [-0.25, -0.2) is 14.1 Å². The van der Waals surface area contributed by atoms with Crippen molar-refractivity contribution < 1.29 is 28.2 Å². The van der Waals surface area contributed by atoms with Gasteiger partial charge in [0.05, 0.1) is 12.3 Å². The first-order valence-electron chi connectivity index (χ1n) is 11.8. The summed E-state index contributed by atoms with van der Waals surface area (Å²) in [6, 6.07) is 14.7. The van der Waals surface area contributed by atoms with E-state index in [0.717, 1.165) is 11.6 Å². The highest BCUT2D eigenvalue weighted by molar-refractivity contribution is 6.39. The van der Waals surface area contributed by atoms with Crippen LogP contribution >= 0.6 is 11.6 Å². The van der Waals surface area contributed by atoms with Crippen LogP contribution in [0.2, 0.25) is 5.02 Å². The molecule has 0 aliphatic carbocycles. The Bertz CT molecular complexity index is 1450. The van der Waals surface area contributed by atoms with E-state index >= 15 is 0 Å². The summed E-state index contributed by atoms with van der Waals surface area (Å²) in [5, 5.41) is 2.70. The second kappa shape index (κ2) is 11.7. The molecule has 0 unspecified atom stereocenters. The molecule has 0 spiro atoms. The van der Waals surface area contributed by atoms with Crippen LogP contribution in [0.5, 0.6) is 11.5 Å². The highest BCUT2D eigenvalue weighted by Crippen LogP contribution is 2.36. The molecule has 0 aromatic heterocycles. The SMILES string of the molecule is C=CCc1cc(/C=C2/C(=O)NC(=O)N(c3cccc(F)c3)C2=O)cc(OCC)c1OCc1ccccc1Cl. The minimum absolute atomic E-state index is 0.00317. The zero-order chi connectivity index (χ0) is 27.2. The van der Waals surface area contributed by atoms with Crippen molar-refractivity contribution in [2.75, 3.05) is 11.5 Å². The topological polar surface area (TPSA) is 84.9 Å². The molecule has 3 aromatic carbocycles. The first-order chi connectivity index (χ1) is 18.3. The molecule has 4 amide bonds. The van der Waals surface area contributed by atoms with Gasteiger partial charge in [0.15, 0.2) is 11.5 Å². The summed E-state index contributed by atoms with van der Waals surface area (Å²) in [5.74, 6) is -1.51. The van der Waals surface area contributed by atoms with E-state index in [2.05, 4.69) is 11.9 Å². The van der Waals surface area contributed by atoms with E-state index < -0.39 is 23.7 Å². The number of rotatable bonds is 9. The largest absolute Gasteiger partial charge is 0.490 e. The first-order valence-corrected chi connectivity index (χ1v) is 12.1. The number of amides is 4. The van der Waals surface area contributed by atoms with Gasteiger partial charge in [0.25, 0.3) is 11.8 Å². The molecule has 1 heterocycles. The Morgan fingerprint density at radius 3 is 2.53 bits per heavy atom. The van der Waals surface area contributed by atoms with Crippen LogP contribution in [0.1, 0.15) is 23.6 Å². The summed E-state index contributed by atoms with van der Waals surface area (Å²) < 4.78 is 25.7. The summed E-state index contributed by atoms with van der Waals surface area (Å²) in [4.78, 5) is 39.0. The van der Waals surface area contributed by atoms with E-state index in [1.807, 2.05) is 25.1 Å². The Morgan fingerprint density at radius 2 is 1.82 bits per heavy atom. The van der Waals surface area contributed by atoms with Crippen LogP contribution in [0, 0.1) is 5.82 Å². The third-order valence-corrected chi connectivity index (χ3v) is 6.00. The number of imide groups is 2. The van der Waals surface area contributed by atoms with Crippen LogP contribution in [0.4, 0.5) is 14.9 Å². The molecule has 1 fully saturated rings. The van der Waals surface area contributed by atoms with Crippen molar-refractivity contribution >= 4 is 41.2 Å². The molecule has 38 heavy (non-hydrogen) atoms. The fourth-order valence-electron chi connectivity index (χ4n) is 3.94. The summed E-state index contributed by atoms with van der Waals surface area (Å²) in [6.07, 6.45) is 3.44. The number of nitrogens with zero attached hydrogens (tertiary/aromatic N) is 1. The van der Waals surface area contributed by atoms with Gasteiger partial charge < -0.3 is 9.47 Å². The lowest BCUT2D eigenvalue weighted by molar-refractivity contribution is -0.122. The van der Waals surface area contributed by atoms with Crippen LogP contribution in [-0.2, 0) is 22.6 Å². The van der Waals surface area contributed by atoms with Crippen LogP contribution in [0.25, 0.3) is 6.08 Å². The number of hydrogen-bond acceptors (Lipinski definition) is 5. The second-order valence-corrected chi connectivity index (χ2v) is 8.66. The molecule has 0 saturated carbocycles. The summed E-state index contributed by atoms with van der Waals surface area (Å²) in [5.41, 5.74) is 1.65. The number of anilines is 1. The van der Waals surface area contributed by atoms with Crippen LogP contribution in [-0.4, -0.2) is 24.5 Å². The summed E-state index contributed by atoms with van der Waals surface area (Å²) >= 11 is 6.27. The minimum atomic E-state index is -0.964. The quantitative estimate of drug-likeness (QED) is 0.211. The maximum Gasteiger partial charge on any atom is 0.335 e. The molecule has 9 heteroatoms. The average Bonchev–Trinajstić information content (AvgIpc) is 2.87. The normalized spacial score (nSPS) is 14.4. The lowest BCUT2D eigenvalue weighted by Gasteiger charge is -2.26. The van der Waals surface area contributed by atoms with Gasteiger partial charge in [0.1, 0.15) is 18.0 Å². The number of urea groups is 1. The standard InChI is InChI=1S/C29H24ClFN2O5/c1-3-8-19-13-18(15-25(37-4-2)26(19)38-17-20-9-5-6-12-24(20)30)14-23-27(34)32-29(36)33(28(23)35)22-11-7-10-21(31)16-22/h3,5-7,9-16H,1,4,8,17H2,2H3,(H,32,34,36)/b23-14-. The number of benzene rings is 3. The summed E-state index contributed by atoms with van der Waals surface area (Å²) in [7, 11) is 0. The number of carbonyl (C=O) groups excluding carboxylic acids is 3. The van der Waals surface area contributed by atoms with Crippen LogP contribution in [0.3, 0.4) is 0 Å². The van der Waals surface area contributed by atoms with Gasteiger partial charge in [-0.1, -0.05) is 41.9 Å². The lowest BCUT2D eigenvalue weighted by Crippen LogP contribution is -2.54. The molecule has 1 aliphatic heterocycles. The average molecular weight is 535 g/mol. The van der Waals surface area contributed by atoms with Gasteiger partial charge in [-0.15, -0.1) is 6.58 Å². The number of ether oxygens (including phenoxy) is 2. The monoisotopic (exact) mass is 534 g/mol. The molecule has 0 bridgehead atoms. The Labute approximate surface area is 224 Å². The number of hydrogen-bond donors (Lipinski definition) is 1. The highest BCUT2D eigenvalue weighted by atomic mass is 35.5. The van der Waals surface area contributed by atoms with Crippen molar-refractivity contribution in [3.8, 4) is 11.5 Å². The van der Waals surface area contributed by atoms with E-state index in [1.54, 1.807) is 24.3 Å². The van der Waals surface area contributed by atoms with Gasteiger partial charge in [-0.3, -0.25) is 14.9 Å². The van der Waals surface area contributed by atoms with Crippen molar-refractivity contribution in [1.29, 1.82) is 0 Å². The van der Waals surface area contributed by atoms with Gasteiger partial charge in [-0.2, -0.15) is 0 Å². The molecular formula is C29H24ClFN2O5. The zero-order valence-corrected chi connectivity index (χ0v) is 21.3. The van der Waals surface area contributed by atoms with Crippen molar-refractivity contribution in [2.24, 2.45) is 0 Å². The molecule has 194 valence electrons. The van der Waals surface area contributed by atoms with Crippen molar-refractivity contribution in [1.82, 2.24) is 5.32 Å². The molecule has 3 aromatic rings. The van der Waals surface area contributed by atoms with Crippen molar-refractivity contribution in [3.63, 3.8) is 0 Å². The molecule has 0 radical (unpaired) electrons.